The van der Waals surface area contributed by atoms with Crippen molar-refractivity contribution in [3.8, 4) is 0 Å². The molecule has 26 heavy (non-hydrogen) atoms. The lowest BCUT2D eigenvalue weighted by Gasteiger charge is -2.32. The van der Waals surface area contributed by atoms with E-state index in [1.807, 2.05) is 48.5 Å². The minimum absolute atomic E-state index is 0.120. The molecule has 0 radical (unpaired) electrons. The minimum atomic E-state index is -1.13. The molecule has 0 nitrogen and oxygen atoms in total. The van der Waals surface area contributed by atoms with Crippen LogP contribution >= 0.6 is 46.4 Å². The van der Waals surface area contributed by atoms with Gasteiger partial charge in [-0.3, -0.25) is 0 Å². The Balaban J connectivity index is 2.23. The number of hydrogen-bond acceptors (Lipinski definition) is 0. The van der Waals surface area contributed by atoms with Crippen LogP contribution in [0.15, 0.2) is 48.5 Å². The van der Waals surface area contributed by atoms with E-state index in [0.717, 1.165) is 24.0 Å². The fourth-order valence-electron chi connectivity index (χ4n) is 3.34. The van der Waals surface area contributed by atoms with Crippen molar-refractivity contribution in [1.29, 1.82) is 0 Å². The molecule has 0 bridgehead atoms. The van der Waals surface area contributed by atoms with E-state index in [-0.39, 0.29) is 5.92 Å². The number of hydrogen-bond donors (Lipinski definition) is 0. The first-order valence-electron chi connectivity index (χ1n) is 9.35. The Hall–Kier alpha value is -0.400. The number of benzene rings is 2. The van der Waals surface area contributed by atoms with Gasteiger partial charge in [0, 0.05) is 21.5 Å². The van der Waals surface area contributed by atoms with Crippen molar-refractivity contribution >= 4 is 46.4 Å². The Kier molecular flexibility index (Phi) is 9.10. The Morgan fingerprint density at radius 3 is 2.00 bits per heavy atom. The third kappa shape index (κ3) is 5.80. The number of alkyl halides is 2. The van der Waals surface area contributed by atoms with E-state index in [2.05, 4.69) is 6.92 Å². The van der Waals surface area contributed by atoms with Gasteiger partial charge in [-0.15, -0.1) is 0 Å². The molecule has 0 saturated carbocycles. The molecule has 1 unspecified atom stereocenters. The standard InChI is InChI=1S/C22H26Cl4/c1-2-3-4-5-6-7-13-18(17-12-8-10-15-20(17)23)22(25,26)19-14-9-11-16-21(19)24/h8-12,14-16,18H,2-7,13H2,1H3. The van der Waals surface area contributed by atoms with Gasteiger partial charge in [-0.05, 0) is 24.1 Å². The van der Waals surface area contributed by atoms with Gasteiger partial charge in [0.2, 0.25) is 0 Å². The van der Waals surface area contributed by atoms with Crippen molar-refractivity contribution in [2.24, 2.45) is 0 Å². The van der Waals surface area contributed by atoms with Crippen LogP contribution in [0.25, 0.3) is 0 Å². The van der Waals surface area contributed by atoms with Crippen molar-refractivity contribution < 1.29 is 0 Å². The van der Waals surface area contributed by atoms with Crippen LogP contribution in [-0.2, 0) is 4.33 Å². The van der Waals surface area contributed by atoms with Gasteiger partial charge in [-0.1, -0.05) is 128 Å². The average Bonchev–Trinajstić information content (AvgIpc) is 2.62. The number of unbranched alkanes of at least 4 members (excludes halogenated alkanes) is 5. The Bertz CT molecular complexity index is 681. The van der Waals surface area contributed by atoms with Crippen LogP contribution in [0, 0.1) is 0 Å². The lowest BCUT2D eigenvalue weighted by Crippen LogP contribution is -2.22. The summed E-state index contributed by atoms with van der Waals surface area (Å²) in [6.45, 7) is 2.23. The summed E-state index contributed by atoms with van der Waals surface area (Å²) >= 11 is 26.7. The van der Waals surface area contributed by atoms with Crippen molar-refractivity contribution in [2.75, 3.05) is 0 Å². The van der Waals surface area contributed by atoms with Crippen LogP contribution in [-0.4, -0.2) is 0 Å². The number of halogens is 4. The highest BCUT2D eigenvalue weighted by Crippen LogP contribution is 2.52. The summed E-state index contributed by atoms with van der Waals surface area (Å²) in [7, 11) is 0. The largest absolute Gasteiger partial charge is 0.151 e. The quantitative estimate of drug-likeness (QED) is 0.259. The van der Waals surface area contributed by atoms with Gasteiger partial charge in [0.05, 0.1) is 0 Å². The second-order valence-electron chi connectivity index (χ2n) is 6.73. The summed E-state index contributed by atoms with van der Waals surface area (Å²) in [5, 5.41) is 1.28. The van der Waals surface area contributed by atoms with Gasteiger partial charge >= 0.3 is 0 Å². The summed E-state index contributed by atoms with van der Waals surface area (Å²) in [4.78, 5) is 0. The van der Waals surface area contributed by atoms with Crippen LogP contribution in [0.2, 0.25) is 10.0 Å². The topological polar surface area (TPSA) is 0 Å². The molecule has 2 rings (SSSR count). The van der Waals surface area contributed by atoms with Gasteiger partial charge in [-0.25, -0.2) is 0 Å². The van der Waals surface area contributed by atoms with Crippen LogP contribution in [0.5, 0.6) is 0 Å². The summed E-state index contributed by atoms with van der Waals surface area (Å²) in [6, 6.07) is 15.3. The lowest BCUT2D eigenvalue weighted by molar-refractivity contribution is 0.508. The van der Waals surface area contributed by atoms with E-state index >= 15 is 0 Å². The highest BCUT2D eigenvalue weighted by molar-refractivity contribution is 6.50. The first-order chi connectivity index (χ1) is 12.5. The van der Waals surface area contributed by atoms with E-state index in [1.165, 1.54) is 32.1 Å². The summed E-state index contributed by atoms with van der Waals surface area (Å²) in [5.41, 5.74) is 1.72. The highest BCUT2D eigenvalue weighted by atomic mass is 35.5. The molecule has 0 heterocycles. The van der Waals surface area contributed by atoms with E-state index in [1.54, 1.807) is 0 Å². The molecule has 0 aliphatic carbocycles. The molecule has 0 spiro atoms. The Labute approximate surface area is 177 Å². The molecule has 1 atom stereocenters. The molecule has 0 aliphatic rings. The summed E-state index contributed by atoms with van der Waals surface area (Å²) in [6.07, 6.45) is 8.17. The smallest absolute Gasteiger partial charge is 0.0956 e. The maximum atomic E-state index is 6.92. The Morgan fingerprint density at radius 1 is 0.769 bits per heavy atom. The average molecular weight is 432 g/mol. The predicted molar refractivity (Wildman–Crippen MR) is 117 cm³/mol. The zero-order valence-electron chi connectivity index (χ0n) is 15.2. The summed E-state index contributed by atoms with van der Waals surface area (Å²) in [5.74, 6) is -0.120. The van der Waals surface area contributed by atoms with E-state index in [0.29, 0.717) is 10.0 Å². The maximum absolute atomic E-state index is 6.92. The normalized spacial score (nSPS) is 13.0. The first kappa shape index (κ1) is 21.9. The monoisotopic (exact) mass is 430 g/mol. The van der Waals surface area contributed by atoms with Crippen LogP contribution < -0.4 is 0 Å². The summed E-state index contributed by atoms with van der Waals surface area (Å²) < 4.78 is -1.13. The molecule has 4 heteroatoms. The molecule has 142 valence electrons. The molecule has 0 N–H and O–H groups in total. The van der Waals surface area contributed by atoms with E-state index in [9.17, 15) is 0 Å². The first-order valence-corrected chi connectivity index (χ1v) is 10.9. The SMILES string of the molecule is CCCCCCCCC(c1ccccc1Cl)C(Cl)(Cl)c1ccccc1Cl. The zero-order chi connectivity index (χ0) is 19.0. The van der Waals surface area contributed by atoms with Crippen molar-refractivity contribution in [2.45, 2.75) is 62.1 Å². The predicted octanol–water partition coefficient (Wildman–Crippen LogP) is 9.16. The molecule has 0 aliphatic heterocycles. The highest BCUT2D eigenvalue weighted by Gasteiger charge is 2.39. The van der Waals surface area contributed by atoms with E-state index < -0.39 is 4.33 Å². The Morgan fingerprint density at radius 2 is 1.35 bits per heavy atom. The fraction of sp³-hybridized carbons (Fsp3) is 0.455. The fourth-order valence-corrected chi connectivity index (χ4v) is 4.77. The maximum Gasteiger partial charge on any atom is 0.151 e. The third-order valence-electron chi connectivity index (χ3n) is 4.80. The minimum Gasteiger partial charge on any atom is -0.0956 e. The van der Waals surface area contributed by atoms with Gasteiger partial charge in [-0.2, -0.15) is 0 Å². The van der Waals surface area contributed by atoms with Crippen molar-refractivity contribution in [1.82, 2.24) is 0 Å². The van der Waals surface area contributed by atoms with Crippen LogP contribution in [0.1, 0.15) is 68.9 Å². The second kappa shape index (κ2) is 10.8. The molecule has 0 aromatic heterocycles. The van der Waals surface area contributed by atoms with E-state index in [4.69, 9.17) is 46.4 Å². The van der Waals surface area contributed by atoms with Crippen molar-refractivity contribution in [3.63, 3.8) is 0 Å². The van der Waals surface area contributed by atoms with Crippen molar-refractivity contribution in [3.05, 3.63) is 69.7 Å². The van der Waals surface area contributed by atoms with Gasteiger partial charge in [0.1, 0.15) is 0 Å². The molecule has 0 saturated heterocycles. The van der Waals surface area contributed by atoms with Gasteiger partial charge < -0.3 is 0 Å². The molecular weight excluding hydrogens is 406 g/mol. The van der Waals surface area contributed by atoms with Crippen LogP contribution in [0.4, 0.5) is 0 Å². The molecule has 0 fully saturated rings. The molecule has 2 aromatic carbocycles. The lowest BCUT2D eigenvalue weighted by atomic mass is 9.86. The number of rotatable bonds is 10. The van der Waals surface area contributed by atoms with Crippen LogP contribution in [0.3, 0.4) is 0 Å². The van der Waals surface area contributed by atoms with Gasteiger partial charge in [0.25, 0.3) is 0 Å². The van der Waals surface area contributed by atoms with Gasteiger partial charge in [0.15, 0.2) is 4.33 Å². The second-order valence-corrected chi connectivity index (χ2v) is 8.93. The zero-order valence-corrected chi connectivity index (χ0v) is 18.2. The molecule has 0 amide bonds. The molecular formula is C22H26Cl4. The molecule has 2 aromatic rings. The third-order valence-corrected chi connectivity index (χ3v) is 6.41.